The zero-order valence-corrected chi connectivity index (χ0v) is 19.0. The van der Waals surface area contributed by atoms with Gasteiger partial charge in [0.25, 0.3) is 5.91 Å². The fourth-order valence-electron chi connectivity index (χ4n) is 3.87. The Labute approximate surface area is 201 Å². The number of aromatic hydroxyl groups is 2. The molecule has 9 nitrogen and oxygen atoms in total. The molecule has 0 radical (unpaired) electrons. The number of rotatable bonds is 4. The van der Waals surface area contributed by atoms with E-state index >= 15 is 0 Å². The standard InChI is InChI=1S/C25H18F2N6O3/c1-11-3-9-15(26)17-19(11)28-24(35)21(17)31-30-14-7-5-13(6-8-14)23(34)33-32-22-18-16(27)10-4-12(2)20(18)29-25(22)36/h3-10,28-29,35-36H,1-2H3. The molecular weight excluding hydrogens is 470 g/mol. The summed E-state index contributed by atoms with van der Waals surface area (Å²) >= 11 is 0. The Kier molecular flexibility index (Phi) is 5.51. The van der Waals surface area contributed by atoms with Gasteiger partial charge in [0.05, 0.1) is 27.5 Å². The van der Waals surface area contributed by atoms with Gasteiger partial charge in [-0.15, -0.1) is 15.3 Å². The molecule has 4 N–H and O–H groups in total. The van der Waals surface area contributed by atoms with E-state index in [1.54, 1.807) is 26.0 Å². The molecule has 1 amide bonds. The minimum atomic E-state index is -0.730. The molecule has 11 heteroatoms. The molecule has 2 heterocycles. The van der Waals surface area contributed by atoms with Crippen molar-refractivity contribution in [3.8, 4) is 11.8 Å². The van der Waals surface area contributed by atoms with Crippen LogP contribution in [0.2, 0.25) is 0 Å². The molecule has 0 spiro atoms. The largest absolute Gasteiger partial charge is 0.493 e. The maximum atomic E-state index is 14.3. The first-order valence-corrected chi connectivity index (χ1v) is 10.7. The number of H-pyrrole nitrogens is 2. The summed E-state index contributed by atoms with van der Waals surface area (Å²) < 4.78 is 28.6. The quantitative estimate of drug-likeness (QED) is 0.197. The third-order valence-electron chi connectivity index (χ3n) is 5.76. The predicted octanol–water partition coefficient (Wildman–Crippen LogP) is 7.29. The topological polar surface area (TPSA) is 139 Å². The molecule has 5 rings (SSSR count). The number of hydrogen-bond donors (Lipinski definition) is 4. The van der Waals surface area contributed by atoms with Crippen LogP contribution in [-0.4, -0.2) is 26.1 Å². The molecule has 0 aliphatic carbocycles. The van der Waals surface area contributed by atoms with Crippen LogP contribution in [0.1, 0.15) is 21.5 Å². The van der Waals surface area contributed by atoms with Crippen molar-refractivity contribution in [2.24, 2.45) is 20.5 Å². The third kappa shape index (κ3) is 3.86. The number of aryl methyl sites for hydroxylation is 2. The van der Waals surface area contributed by atoms with E-state index in [-0.39, 0.29) is 33.6 Å². The van der Waals surface area contributed by atoms with E-state index in [1.165, 1.54) is 36.4 Å². The van der Waals surface area contributed by atoms with E-state index in [2.05, 4.69) is 30.4 Å². The number of hydrogen-bond acceptors (Lipinski definition) is 6. The van der Waals surface area contributed by atoms with E-state index in [4.69, 9.17) is 0 Å². The van der Waals surface area contributed by atoms with Crippen molar-refractivity contribution < 1.29 is 23.8 Å². The number of carbonyl (C=O) groups is 1. The highest BCUT2D eigenvalue weighted by Gasteiger charge is 2.18. The van der Waals surface area contributed by atoms with E-state index in [0.717, 1.165) is 5.56 Å². The number of aromatic amines is 2. The van der Waals surface area contributed by atoms with Crippen LogP contribution < -0.4 is 0 Å². The van der Waals surface area contributed by atoms with Crippen molar-refractivity contribution in [3.63, 3.8) is 0 Å². The molecule has 0 saturated carbocycles. The maximum absolute atomic E-state index is 14.3. The zero-order valence-electron chi connectivity index (χ0n) is 19.0. The van der Waals surface area contributed by atoms with Crippen LogP contribution >= 0.6 is 0 Å². The molecule has 0 aliphatic rings. The van der Waals surface area contributed by atoms with Crippen molar-refractivity contribution in [3.05, 3.63) is 76.9 Å². The number of carbonyl (C=O) groups excluding carboxylic acids is 1. The molecule has 0 fully saturated rings. The second-order valence-electron chi connectivity index (χ2n) is 8.13. The lowest BCUT2D eigenvalue weighted by Crippen LogP contribution is -1.92. The highest BCUT2D eigenvalue weighted by Crippen LogP contribution is 2.40. The van der Waals surface area contributed by atoms with Gasteiger partial charge in [-0.05, 0) is 61.4 Å². The van der Waals surface area contributed by atoms with Gasteiger partial charge in [-0.1, -0.05) is 12.1 Å². The molecular formula is C25H18F2N6O3. The molecule has 0 aliphatic heterocycles. The van der Waals surface area contributed by atoms with Crippen LogP contribution in [-0.2, 0) is 0 Å². The highest BCUT2D eigenvalue weighted by atomic mass is 19.1. The molecule has 0 saturated heterocycles. The fraction of sp³-hybridized carbons (Fsp3) is 0.0800. The van der Waals surface area contributed by atoms with E-state index in [0.29, 0.717) is 22.3 Å². The van der Waals surface area contributed by atoms with Gasteiger partial charge in [-0.3, -0.25) is 4.79 Å². The number of azo groups is 2. The summed E-state index contributed by atoms with van der Waals surface area (Å²) in [5.41, 5.74) is 2.48. The summed E-state index contributed by atoms with van der Waals surface area (Å²) in [6, 6.07) is 11.5. The summed E-state index contributed by atoms with van der Waals surface area (Å²) in [6.45, 7) is 3.50. The summed E-state index contributed by atoms with van der Waals surface area (Å²) in [6.07, 6.45) is 0. The number of fused-ring (bicyclic) bond motifs is 2. The molecule has 2 aromatic heterocycles. The average Bonchev–Trinajstić information content (AvgIpc) is 3.39. The van der Waals surface area contributed by atoms with E-state index in [9.17, 15) is 23.8 Å². The second kappa shape index (κ2) is 8.69. The van der Waals surface area contributed by atoms with Crippen LogP contribution in [0, 0.1) is 25.5 Å². The predicted molar refractivity (Wildman–Crippen MR) is 129 cm³/mol. The van der Waals surface area contributed by atoms with Crippen molar-refractivity contribution >= 4 is 44.8 Å². The summed E-state index contributed by atoms with van der Waals surface area (Å²) in [7, 11) is 0. The monoisotopic (exact) mass is 488 g/mol. The number of nitrogens with one attached hydrogen (secondary N) is 2. The third-order valence-corrected chi connectivity index (χ3v) is 5.76. The zero-order chi connectivity index (χ0) is 25.6. The number of halogens is 2. The average molecular weight is 488 g/mol. The van der Waals surface area contributed by atoms with Crippen molar-refractivity contribution in [1.82, 2.24) is 9.97 Å². The maximum Gasteiger partial charge on any atom is 0.295 e. The van der Waals surface area contributed by atoms with Gasteiger partial charge in [0, 0.05) is 5.56 Å². The molecule has 0 atom stereocenters. The van der Waals surface area contributed by atoms with Crippen molar-refractivity contribution in [1.29, 1.82) is 0 Å². The van der Waals surface area contributed by atoms with Crippen LogP contribution in [0.25, 0.3) is 21.8 Å². The Hall–Kier alpha value is -4.93. The Morgan fingerprint density at radius 1 is 0.722 bits per heavy atom. The van der Waals surface area contributed by atoms with E-state index in [1.807, 2.05) is 0 Å². The Morgan fingerprint density at radius 2 is 1.22 bits per heavy atom. The van der Waals surface area contributed by atoms with Crippen molar-refractivity contribution in [2.75, 3.05) is 0 Å². The molecule has 3 aromatic carbocycles. The number of aromatic nitrogens is 2. The Balaban J connectivity index is 1.38. The second-order valence-corrected chi connectivity index (χ2v) is 8.13. The highest BCUT2D eigenvalue weighted by molar-refractivity contribution is 5.98. The number of benzene rings is 3. The van der Waals surface area contributed by atoms with Gasteiger partial charge >= 0.3 is 0 Å². The molecule has 5 aromatic rings. The van der Waals surface area contributed by atoms with Gasteiger partial charge < -0.3 is 20.2 Å². The van der Waals surface area contributed by atoms with Crippen LogP contribution in [0.15, 0.2) is 69.0 Å². The Bertz CT molecular complexity index is 1720. The summed E-state index contributed by atoms with van der Waals surface area (Å²) in [5, 5.41) is 35.8. The number of nitrogens with zero attached hydrogens (tertiary/aromatic N) is 4. The van der Waals surface area contributed by atoms with Gasteiger partial charge in [0.1, 0.15) is 11.6 Å². The minimum Gasteiger partial charge on any atom is -0.493 e. The Morgan fingerprint density at radius 3 is 1.75 bits per heavy atom. The fourth-order valence-corrected chi connectivity index (χ4v) is 3.87. The lowest BCUT2D eigenvalue weighted by molar-refractivity contribution is 0.0995. The summed E-state index contributed by atoms with van der Waals surface area (Å²) in [5.74, 6) is -2.62. The van der Waals surface area contributed by atoms with Crippen molar-refractivity contribution in [2.45, 2.75) is 13.8 Å². The minimum absolute atomic E-state index is 0.0342. The van der Waals surface area contributed by atoms with E-state index < -0.39 is 23.4 Å². The van der Waals surface area contributed by atoms with Crippen LogP contribution in [0.3, 0.4) is 0 Å². The van der Waals surface area contributed by atoms with Gasteiger partial charge in [0.2, 0.25) is 11.8 Å². The van der Waals surface area contributed by atoms with Gasteiger partial charge in [-0.2, -0.15) is 5.11 Å². The lowest BCUT2D eigenvalue weighted by atomic mass is 10.1. The SMILES string of the molecule is Cc1ccc(F)c2c(N=NC(=O)c3ccc(N=Nc4c(O)[nH]c5c(C)ccc(F)c45)cc3)c(O)[nH]c12. The lowest BCUT2D eigenvalue weighted by Gasteiger charge is -1.98. The van der Waals surface area contributed by atoms with Crippen LogP contribution in [0.4, 0.5) is 25.8 Å². The molecule has 0 bridgehead atoms. The number of amides is 1. The first-order valence-electron chi connectivity index (χ1n) is 10.7. The first kappa shape index (κ1) is 22.8. The smallest absolute Gasteiger partial charge is 0.295 e. The molecule has 180 valence electrons. The van der Waals surface area contributed by atoms with Gasteiger partial charge in [-0.25, -0.2) is 8.78 Å². The molecule has 0 unspecified atom stereocenters. The van der Waals surface area contributed by atoms with Crippen LogP contribution in [0.5, 0.6) is 11.8 Å². The first-order chi connectivity index (χ1) is 17.2. The normalized spacial score (nSPS) is 12.0. The van der Waals surface area contributed by atoms with Gasteiger partial charge in [0.15, 0.2) is 11.4 Å². The summed E-state index contributed by atoms with van der Waals surface area (Å²) in [4.78, 5) is 17.8. The molecule has 36 heavy (non-hydrogen) atoms.